The lowest BCUT2D eigenvalue weighted by molar-refractivity contribution is 0.553. The standard InChI is InChI=1S/C16H18N4S/c1-12(2)16(14-4-3-9-21-14)19-13-5-6-15(18-10-13)20-8-7-17-11-20/h3-12,16,19H,1-2H3. The van der Waals surface area contributed by atoms with E-state index in [0.717, 1.165) is 11.5 Å². The summed E-state index contributed by atoms with van der Waals surface area (Å²) < 4.78 is 1.89. The van der Waals surface area contributed by atoms with Crippen LogP contribution < -0.4 is 5.32 Å². The van der Waals surface area contributed by atoms with Crippen molar-refractivity contribution < 1.29 is 0 Å². The summed E-state index contributed by atoms with van der Waals surface area (Å²) in [6.45, 7) is 4.45. The fourth-order valence-corrected chi connectivity index (χ4v) is 3.18. The molecule has 21 heavy (non-hydrogen) atoms. The molecule has 0 spiro atoms. The maximum Gasteiger partial charge on any atom is 0.137 e. The third-order valence-electron chi connectivity index (χ3n) is 3.36. The van der Waals surface area contributed by atoms with Gasteiger partial charge in [0, 0.05) is 17.3 Å². The molecule has 0 amide bonds. The van der Waals surface area contributed by atoms with Crippen LogP contribution in [0.2, 0.25) is 0 Å². The number of pyridine rings is 1. The average molecular weight is 298 g/mol. The summed E-state index contributed by atoms with van der Waals surface area (Å²) in [5.74, 6) is 1.38. The Bertz CT molecular complexity index is 657. The van der Waals surface area contributed by atoms with E-state index < -0.39 is 0 Å². The van der Waals surface area contributed by atoms with Gasteiger partial charge in [0.25, 0.3) is 0 Å². The highest BCUT2D eigenvalue weighted by Gasteiger charge is 2.16. The average Bonchev–Trinajstić information content (AvgIpc) is 3.18. The first-order valence-electron chi connectivity index (χ1n) is 6.98. The van der Waals surface area contributed by atoms with E-state index in [9.17, 15) is 0 Å². The van der Waals surface area contributed by atoms with Gasteiger partial charge in [-0.15, -0.1) is 11.3 Å². The smallest absolute Gasteiger partial charge is 0.137 e. The van der Waals surface area contributed by atoms with Crippen molar-refractivity contribution in [3.05, 3.63) is 59.4 Å². The first-order valence-corrected chi connectivity index (χ1v) is 7.86. The molecule has 108 valence electrons. The zero-order valence-electron chi connectivity index (χ0n) is 12.1. The Morgan fingerprint density at radius 1 is 1.24 bits per heavy atom. The predicted molar refractivity (Wildman–Crippen MR) is 86.9 cm³/mol. The van der Waals surface area contributed by atoms with E-state index in [-0.39, 0.29) is 0 Å². The number of nitrogens with zero attached hydrogens (tertiary/aromatic N) is 3. The summed E-state index contributed by atoms with van der Waals surface area (Å²) in [5, 5.41) is 5.69. The van der Waals surface area contributed by atoms with Crippen LogP contribution in [0.25, 0.3) is 5.82 Å². The Morgan fingerprint density at radius 2 is 2.14 bits per heavy atom. The lowest BCUT2D eigenvalue weighted by Gasteiger charge is -2.22. The molecule has 1 unspecified atom stereocenters. The van der Waals surface area contributed by atoms with Gasteiger partial charge in [0.05, 0.1) is 17.9 Å². The minimum absolute atomic E-state index is 0.311. The van der Waals surface area contributed by atoms with Crippen molar-refractivity contribution in [2.75, 3.05) is 5.32 Å². The molecule has 0 saturated carbocycles. The van der Waals surface area contributed by atoms with E-state index in [1.54, 1.807) is 23.9 Å². The highest BCUT2D eigenvalue weighted by molar-refractivity contribution is 7.10. The minimum Gasteiger partial charge on any atom is -0.376 e. The molecule has 3 heterocycles. The second kappa shape index (κ2) is 6.10. The molecule has 0 aliphatic carbocycles. The van der Waals surface area contributed by atoms with Crippen molar-refractivity contribution in [2.24, 2.45) is 5.92 Å². The van der Waals surface area contributed by atoms with Crippen LogP contribution >= 0.6 is 11.3 Å². The van der Waals surface area contributed by atoms with Crippen molar-refractivity contribution in [2.45, 2.75) is 19.9 Å². The monoisotopic (exact) mass is 298 g/mol. The second-order valence-corrected chi connectivity index (χ2v) is 6.24. The number of hydrogen-bond donors (Lipinski definition) is 1. The molecular weight excluding hydrogens is 280 g/mol. The molecule has 0 bridgehead atoms. The maximum atomic E-state index is 4.48. The number of imidazole rings is 1. The van der Waals surface area contributed by atoms with Crippen LogP contribution in [0.3, 0.4) is 0 Å². The lowest BCUT2D eigenvalue weighted by atomic mass is 10.0. The van der Waals surface area contributed by atoms with Gasteiger partial charge in [-0.1, -0.05) is 19.9 Å². The summed E-state index contributed by atoms with van der Waals surface area (Å²) in [6.07, 6.45) is 7.26. The van der Waals surface area contributed by atoms with Crippen LogP contribution in [0.1, 0.15) is 24.8 Å². The topological polar surface area (TPSA) is 42.7 Å². The largest absolute Gasteiger partial charge is 0.376 e. The molecule has 0 radical (unpaired) electrons. The number of hydrogen-bond acceptors (Lipinski definition) is 4. The summed E-state index contributed by atoms with van der Waals surface area (Å²) in [6, 6.07) is 8.64. The Labute approximate surface area is 128 Å². The Morgan fingerprint density at radius 3 is 2.71 bits per heavy atom. The molecule has 1 N–H and O–H groups in total. The SMILES string of the molecule is CC(C)C(Nc1ccc(-n2ccnc2)nc1)c1cccs1. The summed E-state index contributed by atoms with van der Waals surface area (Å²) in [7, 11) is 0. The molecule has 0 aliphatic heterocycles. The molecule has 0 aromatic carbocycles. The van der Waals surface area contributed by atoms with E-state index in [1.165, 1.54) is 4.88 Å². The number of nitrogens with one attached hydrogen (secondary N) is 1. The van der Waals surface area contributed by atoms with Crippen molar-refractivity contribution in [1.82, 2.24) is 14.5 Å². The third-order valence-corrected chi connectivity index (χ3v) is 4.31. The molecule has 5 heteroatoms. The lowest BCUT2D eigenvalue weighted by Crippen LogP contribution is -2.15. The van der Waals surface area contributed by atoms with Gasteiger partial charge in [-0.05, 0) is 29.5 Å². The minimum atomic E-state index is 0.311. The fraction of sp³-hybridized carbons (Fsp3) is 0.250. The van der Waals surface area contributed by atoms with E-state index in [1.807, 2.05) is 23.0 Å². The number of aromatic nitrogens is 3. The number of anilines is 1. The van der Waals surface area contributed by atoms with Gasteiger partial charge in [-0.2, -0.15) is 0 Å². The van der Waals surface area contributed by atoms with E-state index in [0.29, 0.717) is 12.0 Å². The summed E-state index contributed by atoms with van der Waals surface area (Å²) in [4.78, 5) is 9.86. The summed E-state index contributed by atoms with van der Waals surface area (Å²) >= 11 is 1.78. The molecule has 3 aromatic rings. The second-order valence-electron chi connectivity index (χ2n) is 5.26. The van der Waals surface area contributed by atoms with Crippen LogP contribution in [-0.4, -0.2) is 14.5 Å². The van der Waals surface area contributed by atoms with E-state index in [2.05, 4.69) is 52.7 Å². The van der Waals surface area contributed by atoms with Crippen LogP contribution in [0.4, 0.5) is 5.69 Å². The van der Waals surface area contributed by atoms with Gasteiger partial charge in [-0.3, -0.25) is 4.57 Å². The van der Waals surface area contributed by atoms with E-state index in [4.69, 9.17) is 0 Å². The van der Waals surface area contributed by atoms with Gasteiger partial charge >= 0.3 is 0 Å². The molecule has 0 saturated heterocycles. The first-order chi connectivity index (χ1) is 10.2. The van der Waals surface area contributed by atoms with Crippen molar-refractivity contribution >= 4 is 17.0 Å². The van der Waals surface area contributed by atoms with Crippen LogP contribution in [0.15, 0.2) is 54.6 Å². The van der Waals surface area contributed by atoms with Crippen LogP contribution in [-0.2, 0) is 0 Å². The van der Waals surface area contributed by atoms with Gasteiger partial charge in [0.1, 0.15) is 12.1 Å². The fourth-order valence-electron chi connectivity index (χ4n) is 2.23. The third kappa shape index (κ3) is 3.13. The van der Waals surface area contributed by atoms with Gasteiger partial charge < -0.3 is 5.32 Å². The zero-order valence-corrected chi connectivity index (χ0v) is 12.9. The van der Waals surface area contributed by atoms with Crippen molar-refractivity contribution in [1.29, 1.82) is 0 Å². The highest BCUT2D eigenvalue weighted by Crippen LogP contribution is 2.29. The van der Waals surface area contributed by atoms with Gasteiger partial charge in [0.2, 0.25) is 0 Å². The number of rotatable bonds is 5. The Hall–Kier alpha value is -2.14. The van der Waals surface area contributed by atoms with Crippen LogP contribution in [0.5, 0.6) is 0 Å². The normalized spacial score (nSPS) is 12.5. The molecule has 3 aromatic heterocycles. The Kier molecular flexibility index (Phi) is 4.01. The molecule has 0 aliphatic rings. The van der Waals surface area contributed by atoms with E-state index >= 15 is 0 Å². The first kappa shape index (κ1) is 13.8. The molecule has 0 fully saturated rings. The summed E-state index contributed by atoms with van der Waals surface area (Å²) in [5.41, 5.74) is 1.03. The highest BCUT2D eigenvalue weighted by atomic mass is 32.1. The molecule has 3 rings (SSSR count). The quantitative estimate of drug-likeness (QED) is 0.770. The van der Waals surface area contributed by atoms with Crippen molar-refractivity contribution in [3.8, 4) is 5.82 Å². The number of thiophene rings is 1. The van der Waals surface area contributed by atoms with Gasteiger partial charge in [-0.25, -0.2) is 9.97 Å². The molecule has 4 nitrogen and oxygen atoms in total. The van der Waals surface area contributed by atoms with Crippen LogP contribution in [0, 0.1) is 5.92 Å². The molecule has 1 atom stereocenters. The molecular formula is C16H18N4S. The predicted octanol–water partition coefficient (Wildman–Crippen LogP) is 4.14. The Balaban J connectivity index is 1.78. The zero-order chi connectivity index (χ0) is 14.7. The van der Waals surface area contributed by atoms with Crippen molar-refractivity contribution in [3.63, 3.8) is 0 Å². The maximum absolute atomic E-state index is 4.48. The van der Waals surface area contributed by atoms with Gasteiger partial charge in [0.15, 0.2) is 0 Å².